The molecule has 228 valence electrons. The van der Waals surface area contributed by atoms with Gasteiger partial charge in [-0.05, 0) is 31.7 Å². The first-order valence-corrected chi connectivity index (χ1v) is 13.9. The molecule has 0 spiro atoms. The van der Waals surface area contributed by atoms with Crippen molar-refractivity contribution in [1.29, 1.82) is 0 Å². The number of fused-ring (bicyclic) bond motifs is 1. The smallest absolute Gasteiger partial charge is 0.189 e. The fourth-order valence-corrected chi connectivity index (χ4v) is 6.51. The summed E-state index contributed by atoms with van der Waals surface area (Å²) >= 11 is 0. The maximum atomic E-state index is 11.3. The number of nitrogens with two attached hydrogens (primary N) is 3. The fraction of sp³-hybridized carbons (Fsp3) is 1.00. The van der Waals surface area contributed by atoms with E-state index in [9.17, 15) is 25.5 Å². The molecular weight excluding hydrogens is 516 g/mol. The molecule has 0 aromatic heterocycles. The van der Waals surface area contributed by atoms with Crippen molar-refractivity contribution in [2.75, 3.05) is 13.7 Å². The molecule has 14 heteroatoms. The highest BCUT2D eigenvalue weighted by Crippen LogP contribution is 2.39. The zero-order valence-corrected chi connectivity index (χ0v) is 23.0. The molecule has 0 amide bonds. The summed E-state index contributed by atoms with van der Waals surface area (Å²) in [5.41, 5.74) is 18.8. The minimum absolute atomic E-state index is 0.0376. The highest BCUT2D eigenvalue weighted by Gasteiger charge is 2.54. The van der Waals surface area contributed by atoms with Crippen molar-refractivity contribution >= 4 is 0 Å². The second kappa shape index (κ2) is 12.8. The van der Waals surface area contributed by atoms with Crippen molar-refractivity contribution in [3.05, 3.63) is 0 Å². The molecule has 4 rings (SSSR count). The highest BCUT2D eigenvalue weighted by molar-refractivity contribution is 5.01. The summed E-state index contributed by atoms with van der Waals surface area (Å²) in [6.45, 7) is 5.53. The number of aliphatic hydroxyl groups excluding tert-OH is 5. The van der Waals surface area contributed by atoms with E-state index in [1.165, 1.54) is 0 Å². The van der Waals surface area contributed by atoms with Crippen LogP contribution >= 0.6 is 0 Å². The van der Waals surface area contributed by atoms with Gasteiger partial charge in [-0.2, -0.15) is 0 Å². The number of ether oxygens (including phenoxy) is 5. The summed E-state index contributed by atoms with van der Waals surface area (Å²) in [6, 6.07) is -2.77. The van der Waals surface area contributed by atoms with Gasteiger partial charge in [0.25, 0.3) is 0 Å². The largest absolute Gasteiger partial charge is 0.394 e. The molecule has 0 radical (unpaired) electrons. The van der Waals surface area contributed by atoms with E-state index in [0.29, 0.717) is 6.42 Å². The van der Waals surface area contributed by atoms with E-state index < -0.39 is 92.4 Å². The number of nitrogens with one attached hydrogen (secondary N) is 1. The van der Waals surface area contributed by atoms with Crippen LogP contribution in [0, 0.1) is 17.8 Å². The van der Waals surface area contributed by atoms with Crippen LogP contribution in [-0.2, 0) is 23.7 Å². The van der Waals surface area contributed by atoms with Gasteiger partial charge in [-0.25, -0.2) is 0 Å². The molecule has 14 nitrogen and oxygen atoms in total. The molecule has 12 N–H and O–H groups in total. The summed E-state index contributed by atoms with van der Waals surface area (Å²) in [5.74, 6) is -0.0613. The molecule has 3 aliphatic heterocycles. The molecule has 4 fully saturated rings. The lowest BCUT2D eigenvalue weighted by molar-refractivity contribution is -0.373. The average molecular weight is 565 g/mol. The lowest BCUT2D eigenvalue weighted by Gasteiger charge is -2.52. The third-order valence-corrected chi connectivity index (χ3v) is 8.84. The summed E-state index contributed by atoms with van der Waals surface area (Å²) in [6.07, 6.45) is -10.1. The Labute approximate surface area is 229 Å². The van der Waals surface area contributed by atoms with E-state index in [2.05, 4.69) is 5.32 Å². The minimum Gasteiger partial charge on any atom is -0.394 e. The Morgan fingerprint density at radius 2 is 1.54 bits per heavy atom. The molecular formula is C25H48N4O10. The van der Waals surface area contributed by atoms with Gasteiger partial charge in [0.2, 0.25) is 0 Å². The lowest BCUT2D eigenvalue weighted by atomic mass is 9.70. The molecule has 39 heavy (non-hydrogen) atoms. The third-order valence-electron chi connectivity index (χ3n) is 8.84. The second-order valence-corrected chi connectivity index (χ2v) is 11.9. The topological polar surface area (TPSA) is 237 Å². The summed E-state index contributed by atoms with van der Waals surface area (Å²) < 4.78 is 30.1. The molecule has 0 aromatic carbocycles. The Morgan fingerprint density at radius 3 is 2.15 bits per heavy atom. The van der Waals surface area contributed by atoms with Gasteiger partial charge in [0.15, 0.2) is 18.9 Å². The molecule has 1 saturated carbocycles. The van der Waals surface area contributed by atoms with Gasteiger partial charge >= 0.3 is 0 Å². The Kier molecular flexibility index (Phi) is 10.3. The number of rotatable bonds is 7. The molecule has 1 aliphatic carbocycles. The van der Waals surface area contributed by atoms with E-state index in [-0.39, 0.29) is 30.2 Å². The zero-order valence-electron chi connectivity index (χ0n) is 23.0. The maximum Gasteiger partial charge on any atom is 0.189 e. The predicted octanol–water partition coefficient (Wildman–Crippen LogP) is -3.73. The Hall–Kier alpha value is -0.560. The second-order valence-electron chi connectivity index (χ2n) is 11.9. The quantitative estimate of drug-likeness (QED) is 0.145. The Morgan fingerprint density at radius 1 is 0.846 bits per heavy atom. The third kappa shape index (κ3) is 6.15. The van der Waals surface area contributed by atoms with Crippen molar-refractivity contribution in [3.8, 4) is 0 Å². The van der Waals surface area contributed by atoms with E-state index in [0.717, 1.165) is 0 Å². The Balaban J connectivity index is 1.45. The van der Waals surface area contributed by atoms with Crippen molar-refractivity contribution in [3.63, 3.8) is 0 Å². The molecule has 3 heterocycles. The average Bonchev–Trinajstić information content (AvgIpc) is 2.88. The number of hydrogen-bond acceptors (Lipinski definition) is 14. The van der Waals surface area contributed by atoms with Crippen LogP contribution in [0.15, 0.2) is 0 Å². The van der Waals surface area contributed by atoms with E-state index in [1.807, 2.05) is 20.8 Å². The summed E-state index contributed by atoms with van der Waals surface area (Å²) in [5, 5.41) is 55.4. The SMILES string of the molecule is CNC1C(O[C@H]2OC(CO)[C@@H](N)[C@H](O)C2O)O[C@H]2CC(N)[C@@H](O[C@@H]3C(N)C[C@@H](C)C(O)[C@H]3C(C)C)OC2C1O. The van der Waals surface area contributed by atoms with Crippen molar-refractivity contribution < 1.29 is 49.2 Å². The zero-order chi connectivity index (χ0) is 28.8. The monoisotopic (exact) mass is 564 g/mol. The highest BCUT2D eigenvalue weighted by atomic mass is 16.8. The van der Waals surface area contributed by atoms with Gasteiger partial charge < -0.3 is 71.7 Å². The van der Waals surface area contributed by atoms with Crippen LogP contribution in [0.5, 0.6) is 0 Å². The van der Waals surface area contributed by atoms with Crippen molar-refractivity contribution in [2.24, 2.45) is 35.0 Å². The van der Waals surface area contributed by atoms with Crippen LogP contribution in [-0.4, -0.2) is 131 Å². The van der Waals surface area contributed by atoms with Crippen molar-refractivity contribution in [1.82, 2.24) is 5.32 Å². The maximum absolute atomic E-state index is 11.3. The first-order valence-electron chi connectivity index (χ1n) is 13.9. The van der Waals surface area contributed by atoms with Gasteiger partial charge in [0.1, 0.15) is 30.5 Å². The molecule has 4 aliphatic rings. The van der Waals surface area contributed by atoms with Gasteiger partial charge in [-0.1, -0.05) is 20.8 Å². The van der Waals surface area contributed by atoms with Gasteiger partial charge in [0, 0.05) is 12.0 Å². The van der Waals surface area contributed by atoms with Crippen LogP contribution in [0.25, 0.3) is 0 Å². The van der Waals surface area contributed by atoms with Crippen LogP contribution in [0.2, 0.25) is 0 Å². The standard InChI is InChI=1S/C25H48N4O10/c1-8(2)14-17(31)9(3)5-10(26)21(14)37-23-11(27)6-12-22(38-23)19(33)16(29-4)24(35-12)39-25-20(34)18(32)15(28)13(7-30)36-25/h8-25,29-34H,5-7,26-28H2,1-4H3/t9-,10?,11?,12+,13?,14-,15-,16?,17?,18+,19?,20?,21-,22?,23+,24?,25-/m1/s1. The van der Waals surface area contributed by atoms with E-state index >= 15 is 0 Å². The molecule has 0 aromatic rings. The van der Waals surface area contributed by atoms with Gasteiger partial charge in [-0.15, -0.1) is 0 Å². The number of aliphatic hydroxyl groups is 5. The van der Waals surface area contributed by atoms with Crippen molar-refractivity contribution in [2.45, 2.75) is 125 Å². The van der Waals surface area contributed by atoms with Crippen LogP contribution in [0.1, 0.15) is 33.6 Å². The molecule has 0 bridgehead atoms. The summed E-state index contributed by atoms with van der Waals surface area (Å²) in [7, 11) is 1.60. The molecule has 17 atom stereocenters. The van der Waals surface area contributed by atoms with E-state index in [1.54, 1.807) is 7.05 Å². The lowest BCUT2D eigenvalue weighted by Crippen LogP contribution is -2.70. The predicted molar refractivity (Wildman–Crippen MR) is 137 cm³/mol. The Bertz CT molecular complexity index is 796. The van der Waals surface area contributed by atoms with Crippen LogP contribution in [0.3, 0.4) is 0 Å². The normalized spacial score (nSPS) is 53.0. The van der Waals surface area contributed by atoms with Crippen LogP contribution < -0.4 is 22.5 Å². The summed E-state index contributed by atoms with van der Waals surface area (Å²) in [4.78, 5) is 0. The minimum atomic E-state index is -1.51. The van der Waals surface area contributed by atoms with Gasteiger partial charge in [0.05, 0.1) is 43.0 Å². The first-order chi connectivity index (χ1) is 18.4. The van der Waals surface area contributed by atoms with E-state index in [4.69, 9.17) is 40.9 Å². The number of likely N-dealkylation sites (N-methyl/N-ethyl adjacent to an activating group) is 1. The van der Waals surface area contributed by atoms with Gasteiger partial charge in [-0.3, -0.25) is 0 Å². The van der Waals surface area contributed by atoms with Crippen LogP contribution in [0.4, 0.5) is 0 Å². The fourth-order valence-electron chi connectivity index (χ4n) is 6.51. The first kappa shape index (κ1) is 31.4. The number of hydrogen-bond donors (Lipinski definition) is 9. The molecule has 9 unspecified atom stereocenters. The molecule has 3 saturated heterocycles.